The molecule has 0 atom stereocenters. The molecule has 0 aliphatic heterocycles. The van der Waals surface area contributed by atoms with Crippen molar-refractivity contribution < 1.29 is 13.6 Å². The lowest BCUT2D eigenvalue weighted by Gasteiger charge is -2.05. The van der Waals surface area contributed by atoms with Crippen LogP contribution in [0.1, 0.15) is 28.7 Å². The van der Waals surface area contributed by atoms with E-state index in [1.165, 1.54) is 0 Å². The van der Waals surface area contributed by atoms with Gasteiger partial charge in [0.25, 0.3) is 0 Å². The van der Waals surface area contributed by atoms with Crippen molar-refractivity contribution in [1.29, 1.82) is 0 Å². The summed E-state index contributed by atoms with van der Waals surface area (Å²) in [6.45, 7) is 4.18. The summed E-state index contributed by atoms with van der Waals surface area (Å²) in [6.07, 6.45) is -0.0452. The van der Waals surface area contributed by atoms with Crippen molar-refractivity contribution in [1.82, 2.24) is 9.78 Å². The maximum Gasteiger partial charge on any atom is 0.169 e. The zero-order valence-corrected chi connectivity index (χ0v) is 11.8. The smallest absolute Gasteiger partial charge is 0.169 e. The highest BCUT2D eigenvalue weighted by molar-refractivity contribution is 6.32. The molecule has 0 aliphatic carbocycles. The number of hydrogen-bond donors (Lipinski definition) is 0. The highest BCUT2D eigenvalue weighted by Crippen LogP contribution is 2.22. The van der Waals surface area contributed by atoms with Gasteiger partial charge in [0, 0.05) is 18.2 Å². The molecule has 1 heterocycles. The second kappa shape index (κ2) is 5.71. The average molecular weight is 299 g/mol. The van der Waals surface area contributed by atoms with Crippen LogP contribution in [0.25, 0.3) is 0 Å². The number of hydrogen-bond acceptors (Lipinski definition) is 2. The number of carbonyl (C=O) groups excluding carboxylic acids is 1. The molecule has 0 aliphatic rings. The summed E-state index contributed by atoms with van der Waals surface area (Å²) in [6, 6.07) is 2.75. The fourth-order valence-electron chi connectivity index (χ4n) is 2.01. The van der Waals surface area contributed by atoms with E-state index in [-0.39, 0.29) is 12.0 Å². The first-order valence-corrected chi connectivity index (χ1v) is 6.51. The first-order valence-electron chi connectivity index (χ1n) is 6.13. The number of halogens is 3. The SMILES string of the molecule is CCn1nc(C)c(Cl)c1CC(=O)c1cc(F)cc(F)c1. The van der Waals surface area contributed by atoms with Crippen LogP contribution in [0.15, 0.2) is 18.2 Å². The molecule has 2 aromatic rings. The number of carbonyl (C=O) groups is 1. The van der Waals surface area contributed by atoms with E-state index in [1.54, 1.807) is 11.6 Å². The third-order valence-electron chi connectivity index (χ3n) is 2.97. The van der Waals surface area contributed by atoms with Gasteiger partial charge in [-0.2, -0.15) is 5.10 Å². The second-order valence-electron chi connectivity index (χ2n) is 4.42. The largest absolute Gasteiger partial charge is 0.294 e. The first-order chi connectivity index (χ1) is 9.42. The Hall–Kier alpha value is -1.75. The normalized spacial score (nSPS) is 10.8. The van der Waals surface area contributed by atoms with Crippen LogP contribution in [-0.4, -0.2) is 15.6 Å². The van der Waals surface area contributed by atoms with E-state index in [0.29, 0.717) is 23.0 Å². The van der Waals surface area contributed by atoms with E-state index in [0.717, 1.165) is 18.2 Å². The molecule has 0 saturated heterocycles. The Balaban J connectivity index is 2.32. The van der Waals surface area contributed by atoms with E-state index in [1.807, 2.05) is 6.92 Å². The molecule has 0 unspecified atom stereocenters. The van der Waals surface area contributed by atoms with Crippen LogP contribution >= 0.6 is 11.6 Å². The summed E-state index contributed by atoms with van der Waals surface area (Å²) >= 11 is 6.10. The van der Waals surface area contributed by atoms with E-state index in [2.05, 4.69) is 5.10 Å². The third-order valence-corrected chi connectivity index (χ3v) is 3.46. The van der Waals surface area contributed by atoms with Gasteiger partial charge in [-0.3, -0.25) is 9.48 Å². The van der Waals surface area contributed by atoms with Gasteiger partial charge in [0.15, 0.2) is 5.78 Å². The Bertz CT molecular complexity index is 647. The Labute approximate surface area is 120 Å². The van der Waals surface area contributed by atoms with E-state index >= 15 is 0 Å². The van der Waals surface area contributed by atoms with Crippen molar-refractivity contribution in [3.8, 4) is 0 Å². The third kappa shape index (κ3) is 2.88. The number of benzene rings is 1. The highest BCUT2D eigenvalue weighted by atomic mass is 35.5. The van der Waals surface area contributed by atoms with Gasteiger partial charge in [0.1, 0.15) is 11.6 Å². The molecule has 0 saturated carbocycles. The van der Waals surface area contributed by atoms with Gasteiger partial charge in [-0.25, -0.2) is 8.78 Å². The van der Waals surface area contributed by atoms with Gasteiger partial charge in [-0.1, -0.05) is 11.6 Å². The maximum absolute atomic E-state index is 13.1. The van der Waals surface area contributed by atoms with E-state index < -0.39 is 17.4 Å². The lowest BCUT2D eigenvalue weighted by atomic mass is 10.1. The van der Waals surface area contributed by atoms with Gasteiger partial charge in [-0.15, -0.1) is 0 Å². The zero-order valence-electron chi connectivity index (χ0n) is 11.1. The Morgan fingerprint density at radius 3 is 2.45 bits per heavy atom. The molecule has 0 amide bonds. The van der Waals surface area contributed by atoms with Crippen molar-refractivity contribution in [2.45, 2.75) is 26.8 Å². The summed E-state index contributed by atoms with van der Waals surface area (Å²) < 4.78 is 27.9. The summed E-state index contributed by atoms with van der Waals surface area (Å²) in [5, 5.41) is 4.61. The summed E-state index contributed by atoms with van der Waals surface area (Å²) in [4.78, 5) is 12.1. The molecule has 2 rings (SSSR count). The van der Waals surface area contributed by atoms with Crippen LogP contribution in [0.4, 0.5) is 8.78 Å². The fourth-order valence-corrected chi connectivity index (χ4v) is 2.21. The molecule has 6 heteroatoms. The van der Waals surface area contributed by atoms with Gasteiger partial charge in [0.2, 0.25) is 0 Å². The molecule has 0 spiro atoms. The molecular formula is C14H13ClF2N2O. The van der Waals surface area contributed by atoms with E-state index in [4.69, 9.17) is 11.6 Å². The van der Waals surface area contributed by atoms with Crippen LogP contribution in [0.5, 0.6) is 0 Å². The molecule has 20 heavy (non-hydrogen) atoms. The van der Waals surface area contributed by atoms with Crippen molar-refractivity contribution in [2.24, 2.45) is 0 Å². The number of rotatable bonds is 4. The first kappa shape index (κ1) is 14.7. The number of nitrogens with zero attached hydrogens (tertiary/aromatic N) is 2. The van der Waals surface area contributed by atoms with Crippen LogP contribution in [0.2, 0.25) is 5.02 Å². The quantitative estimate of drug-likeness (QED) is 0.809. The van der Waals surface area contributed by atoms with Gasteiger partial charge < -0.3 is 0 Å². The van der Waals surface area contributed by atoms with Crippen LogP contribution in [-0.2, 0) is 13.0 Å². The van der Waals surface area contributed by atoms with Gasteiger partial charge in [-0.05, 0) is 26.0 Å². The molecule has 0 N–H and O–H groups in total. The highest BCUT2D eigenvalue weighted by Gasteiger charge is 2.18. The predicted octanol–water partition coefficient (Wildman–Crippen LogP) is 3.57. The minimum absolute atomic E-state index is 0.0138. The minimum Gasteiger partial charge on any atom is -0.294 e. The number of Topliss-reactive ketones (excluding diaryl/α,β-unsaturated/α-hetero) is 1. The van der Waals surface area contributed by atoms with Crippen LogP contribution < -0.4 is 0 Å². The summed E-state index contributed by atoms with van der Waals surface area (Å²) in [7, 11) is 0. The molecule has 0 bridgehead atoms. The molecule has 0 fully saturated rings. The number of aromatic nitrogens is 2. The summed E-state index contributed by atoms with van der Waals surface area (Å²) in [5.41, 5.74) is 1.17. The molecule has 3 nitrogen and oxygen atoms in total. The van der Waals surface area contributed by atoms with Gasteiger partial charge >= 0.3 is 0 Å². The zero-order chi connectivity index (χ0) is 14.9. The topological polar surface area (TPSA) is 34.9 Å². The molecule has 0 radical (unpaired) electrons. The Kier molecular flexibility index (Phi) is 4.18. The molecular weight excluding hydrogens is 286 g/mol. The monoisotopic (exact) mass is 298 g/mol. The second-order valence-corrected chi connectivity index (χ2v) is 4.80. The van der Waals surface area contributed by atoms with Crippen molar-refractivity contribution in [3.05, 3.63) is 51.8 Å². The van der Waals surface area contributed by atoms with Crippen LogP contribution in [0.3, 0.4) is 0 Å². The molecule has 1 aromatic heterocycles. The maximum atomic E-state index is 13.1. The van der Waals surface area contributed by atoms with Crippen molar-refractivity contribution in [2.75, 3.05) is 0 Å². The van der Waals surface area contributed by atoms with Crippen molar-refractivity contribution in [3.63, 3.8) is 0 Å². The summed E-state index contributed by atoms with van der Waals surface area (Å²) in [5.74, 6) is -1.96. The standard InChI is InChI=1S/C14H13ClF2N2O/c1-3-19-12(14(15)8(2)18-19)7-13(20)9-4-10(16)6-11(17)5-9/h4-6H,3,7H2,1-2H3. The van der Waals surface area contributed by atoms with Crippen molar-refractivity contribution >= 4 is 17.4 Å². The minimum atomic E-state index is -0.778. The Morgan fingerprint density at radius 1 is 1.30 bits per heavy atom. The predicted molar refractivity (Wildman–Crippen MR) is 72.0 cm³/mol. The Morgan fingerprint density at radius 2 is 1.90 bits per heavy atom. The average Bonchev–Trinajstić information content (AvgIpc) is 2.65. The molecule has 106 valence electrons. The van der Waals surface area contributed by atoms with Crippen LogP contribution in [0, 0.1) is 18.6 Å². The fraction of sp³-hybridized carbons (Fsp3) is 0.286. The number of ketones is 1. The lowest BCUT2D eigenvalue weighted by molar-refractivity contribution is 0.0989. The molecule has 1 aromatic carbocycles. The van der Waals surface area contributed by atoms with Gasteiger partial charge in [0.05, 0.1) is 22.8 Å². The van der Waals surface area contributed by atoms with E-state index in [9.17, 15) is 13.6 Å². The number of aryl methyl sites for hydroxylation is 2. The lowest BCUT2D eigenvalue weighted by Crippen LogP contribution is -2.10.